The molecule has 28 heavy (non-hydrogen) atoms. The van der Waals surface area contributed by atoms with Crippen LogP contribution in [0.1, 0.15) is 21.6 Å². The van der Waals surface area contributed by atoms with Crippen LogP contribution >= 0.6 is 0 Å². The summed E-state index contributed by atoms with van der Waals surface area (Å²) in [6.07, 6.45) is -3.25. The number of rotatable bonds is 4. The normalized spacial score (nSPS) is 10.8. The number of carbonyl (C=O) groups is 1. The van der Waals surface area contributed by atoms with Gasteiger partial charge in [0.2, 0.25) is 0 Å². The molecule has 0 aliphatic heterocycles. The summed E-state index contributed by atoms with van der Waals surface area (Å²) in [6, 6.07) is 14.1. The average molecular weight is 383 g/mol. The summed E-state index contributed by atoms with van der Waals surface area (Å²) in [5.41, 5.74) is 0.630. The number of aromatic nitrogens is 2. The van der Waals surface area contributed by atoms with Gasteiger partial charge in [-0.05, 0) is 48.5 Å². The van der Waals surface area contributed by atoms with Gasteiger partial charge >= 0.3 is 6.18 Å². The minimum Gasteiger partial charge on any atom is -0.340 e. The van der Waals surface area contributed by atoms with E-state index < -0.39 is 17.6 Å². The van der Waals surface area contributed by atoms with E-state index in [2.05, 4.69) is 20.6 Å². The van der Waals surface area contributed by atoms with Crippen molar-refractivity contribution < 1.29 is 18.0 Å². The standard InChI is InChI=1S/C19H12F3N5O/c20-19(21,22)13-3-7-14(8-4-13)26-17-9-16(24-11-25-17)18(28)27-15-5-1-12(10-23)2-6-15/h1-9,11H,(H,27,28)(H,24,25,26). The largest absolute Gasteiger partial charge is 0.416 e. The lowest BCUT2D eigenvalue weighted by Crippen LogP contribution is -2.14. The minimum atomic E-state index is -4.41. The molecule has 1 amide bonds. The van der Waals surface area contributed by atoms with Crippen molar-refractivity contribution in [3.05, 3.63) is 77.7 Å². The number of amides is 1. The first-order chi connectivity index (χ1) is 13.3. The van der Waals surface area contributed by atoms with Gasteiger partial charge in [-0.1, -0.05) is 0 Å². The summed E-state index contributed by atoms with van der Waals surface area (Å²) in [5.74, 6) is -0.248. The predicted molar refractivity (Wildman–Crippen MR) is 95.9 cm³/mol. The number of hydrogen-bond donors (Lipinski definition) is 2. The van der Waals surface area contributed by atoms with Crippen molar-refractivity contribution in [1.29, 1.82) is 5.26 Å². The quantitative estimate of drug-likeness (QED) is 0.698. The highest BCUT2D eigenvalue weighted by Gasteiger charge is 2.29. The summed E-state index contributed by atoms with van der Waals surface area (Å²) in [6.45, 7) is 0. The number of halogens is 3. The molecule has 2 aromatic carbocycles. The fraction of sp³-hybridized carbons (Fsp3) is 0.0526. The molecule has 0 atom stereocenters. The number of benzene rings is 2. The lowest BCUT2D eigenvalue weighted by molar-refractivity contribution is -0.137. The second kappa shape index (κ2) is 7.75. The van der Waals surface area contributed by atoms with Crippen molar-refractivity contribution in [2.75, 3.05) is 10.6 Å². The van der Waals surface area contributed by atoms with Crippen LogP contribution in [0, 0.1) is 11.3 Å². The van der Waals surface area contributed by atoms with E-state index in [9.17, 15) is 18.0 Å². The van der Waals surface area contributed by atoms with Gasteiger partial charge in [0.1, 0.15) is 17.8 Å². The fourth-order valence-electron chi connectivity index (χ4n) is 2.26. The Morgan fingerprint density at radius 3 is 2.21 bits per heavy atom. The highest BCUT2D eigenvalue weighted by Crippen LogP contribution is 2.30. The molecule has 140 valence electrons. The second-order valence-corrected chi connectivity index (χ2v) is 5.63. The van der Waals surface area contributed by atoms with Crippen LogP contribution in [0.4, 0.5) is 30.4 Å². The molecular formula is C19H12F3N5O. The Hall–Kier alpha value is -3.93. The Morgan fingerprint density at radius 2 is 1.61 bits per heavy atom. The molecular weight excluding hydrogens is 371 g/mol. The van der Waals surface area contributed by atoms with Crippen LogP contribution in [0.15, 0.2) is 60.9 Å². The zero-order valence-corrected chi connectivity index (χ0v) is 14.2. The smallest absolute Gasteiger partial charge is 0.340 e. The van der Waals surface area contributed by atoms with Crippen molar-refractivity contribution in [2.24, 2.45) is 0 Å². The van der Waals surface area contributed by atoms with E-state index in [-0.39, 0.29) is 11.5 Å². The third kappa shape index (κ3) is 4.62. The van der Waals surface area contributed by atoms with Gasteiger partial charge in [-0.3, -0.25) is 4.79 Å². The third-order valence-corrected chi connectivity index (χ3v) is 3.66. The maximum atomic E-state index is 12.6. The van der Waals surface area contributed by atoms with Gasteiger partial charge in [-0.15, -0.1) is 0 Å². The van der Waals surface area contributed by atoms with E-state index in [1.165, 1.54) is 24.5 Å². The van der Waals surface area contributed by atoms with Crippen molar-refractivity contribution in [1.82, 2.24) is 9.97 Å². The monoisotopic (exact) mass is 383 g/mol. The van der Waals surface area contributed by atoms with Crippen molar-refractivity contribution in [3.8, 4) is 6.07 Å². The molecule has 0 aliphatic rings. The second-order valence-electron chi connectivity index (χ2n) is 5.63. The topological polar surface area (TPSA) is 90.7 Å². The summed E-state index contributed by atoms with van der Waals surface area (Å²) < 4.78 is 37.8. The van der Waals surface area contributed by atoms with E-state index in [0.29, 0.717) is 16.9 Å². The number of nitrogens with zero attached hydrogens (tertiary/aromatic N) is 3. The molecule has 0 spiro atoms. The Kier molecular flexibility index (Phi) is 5.22. The molecule has 0 radical (unpaired) electrons. The van der Waals surface area contributed by atoms with Crippen molar-refractivity contribution in [3.63, 3.8) is 0 Å². The molecule has 1 heterocycles. The van der Waals surface area contributed by atoms with Gasteiger partial charge in [0, 0.05) is 17.4 Å². The third-order valence-electron chi connectivity index (χ3n) is 3.66. The lowest BCUT2D eigenvalue weighted by Gasteiger charge is -2.10. The zero-order chi connectivity index (χ0) is 20.1. The molecule has 3 aromatic rings. The maximum Gasteiger partial charge on any atom is 0.416 e. The van der Waals surface area contributed by atoms with E-state index in [1.54, 1.807) is 24.3 Å². The van der Waals surface area contributed by atoms with E-state index >= 15 is 0 Å². The number of nitrogens with one attached hydrogen (secondary N) is 2. The highest BCUT2D eigenvalue weighted by molar-refractivity contribution is 6.03. The van der Waals surface area contributed by atoms with Gasteiger partial charge < -0.3 is 10.6 Å². The number of carbonyl (C=O) groups excluding carboxylic acids is 1. The Bertz CT molecular complexity index is 1030. The van der Waals surface area contributed by atoms with Gasteiger partial charge in [-0.2, -0.15) is 18.4 Å². The molecule has 0 saturated heterocycles. The number of alkyl halides is 3. The van der Waals surface area contributed by atoms with Crippen LogP contribution in [0.2, 0.25) is 0 Å². The molecule has 1 aromatic heterocycles. The summed E-state index contributed by atoms with van der Waals surface area (Å²) in [7, 11) is 0. The van der Waals surface area contributed by atoms with Gasteiger partial charge in [0.25, 0.3) is 5.91 Å². The number of nitriles is 1. The summed E-state index contributed by atoms with van der Waals surface area (Å²) in [5, 5.41) is 14.2. The van der Waals surface area contributed by atoms with Crippen molar-refractivity contribution in [2.45, 2.75) is 6.18 Å². The van der Waals surface area contributed by atoms with E-state index in [0.717, 1.165) is 12.1 Å². The predicted octanol–water partition coefficient (Wildman–Crippen LogP) is 4.36. The van der Waals surface area contributed by atoms with Crippen LogP contribution in [0.5, 0.6) is 0 Å². The van der Waals surface area contributed by atoms with Crippen LogP contribution in [-0.4, -0.2) is 15.9 Å². The molecule has 0 unspecified atom stereocenters. The Labute approximate surface area is 157 Å². The fourth-order valence-corrected chi connectivity index (χ4v) is 2.26. The first-order valence-corrected chi connectivity index (χ1v) is 7.93. The Morgan fingerprint density at radius 1 is 0.964 bits per heavy atom. The molecule has 3 rings (SSSR count). The lowest BCUT2D eigenvalue weighted by atomic mass is 10.2. The van der Waals surface area contributed by atoms with Crippen LogP contribution in [-0.2, 0) is 6.18 Å². The molecule has 0 aliphatic carbocycles. The molecule has 0 bridgehead atoms. The zero-order valence-electron chi connectivity index (χ0n) is 14.2. The van der Waals surface area contributed by atoms with Gasteiger partial charge in [0.05, 0.1) is 17.2 Å². The summed E-state index contributed by atoms with van der Waals surface area (Å²) >= 11 is 0. The number of hydrogen-bond acceptors (Lipinski definition) is 5. The van der Waals surface area contributed by atoms with E-state index in [4.69, 9.17) is 5.26 Å². The number of anilines is 3. The molecule has 6 nitrogen and oxygen atoms in total. The summed E-state index contributed by atoms with van der Waals surface area (Å²) in [4.78, 5) is 20.2. The average Bonchev–Trinajstić information content (AvgIpc) is 2.68. The SMILES string of the molecule is N#Cc1ccc(NC(=O)c2cc(Nc3ccc(C(F)(F)F)cc3)ncn2)cc1. The molecule has 2 N–H and O–H groups in total. The van der Waals surface area contributed by atoms with Crippen molar-refractivity contribution >= 4 is 23.1 Å². The van der Waals surface area contributed by atoms with Crippen LogP contribution < -0.4 is 10.6 Å². The Balaban J connectivity index is 1.71. The highest BCUT2D eigenvalue weighted by atomic mass is 19.4. The van der Waals surface area contributed by atoms with Crippen LogP contribution in [0.25, 0.3) is 0 Å². The molecule has 9 heteroatoms. The van der Waals surface area contributed by atoms with Gasteiger partial charge in [0.15, 0.2) is 0 Å². The minimum absolute atomic E-state index is 0.0637. The van der Waals surface area contributed by atoms with E-state index in [1.807, 2.05) is 6.07 Å². The first-order valence-electron chi connectivity index (χ1n) is 7.93. The maximum absolute atomic E-state index is 12.6. The molecule has 0 fully saturated rings. The van der Waals surface area contributed by atoms with Crippen LogP contribution in [0.3, 0.4) is 0 Å². The molecule has 0 saturated carbocycles. The first kappa shape index (κ1) is 18.8. The van der Waals surface area contributed by atoms with Gasteiger partial charge in [-0.25, -0.2) is 9.97 Å².